The van der Waals surface area contributed by atoms with Crippen LogP contribution in [0.3, 0.4) is 0 Å². The van der Waals surface area contributed by atoms with Gasteiger partial charge in [0.1, 0.15) is 5.75 Å². The maximum atomic E-state index is 5.29. The number of ether oxygens (including phenoxy) is 1. The van der Waals surface area contributed by atoms with Gasteiger partial charge < -0.3 is 34.1 Å². The topological polar surface area (TPSA) is 28.7 Å². The van der Waals surface area contributed by atoms with Crippen molar-refractivity contribution >= 4 is 118 Å². The zero-order valence-electron chi connectivity index (χ0n) is 65.7. The molecular formula is C108H90N6O. The predicted octanol–water partition coefficient (Wildman–Crippen LogP) is 29.9. The first-order chi connectivity index (χ1) is 56.5. The Bertz CT molecular complexity index is 6230. The van der Waals surface area contributed by atoms with Crippen molar-refractivity contribution in [3.8, 4) is 39.1 Å². The molecule has 0 aliphatic carbocycles. The summed E-state index contributed by atoms with van der Waals surface area (Å²) in [4.78, 5) is 13.6. The highest BCUT2D eigenvalue weighted by atomic mass is 16.5. The standard InChI is InChI=1S/C36H30N2O.2C36H30N2/c1-37(32-22-24-36(39-2)25-23-32)31-17-12-28(13-18-31)29-14-19-34(20-15-29)38(33-10-4-3-5-11-33)35-21-16-27-8-6-7-9-30(27)26-35;1-27-9-8-14-35(25-27)37(2)32-20-15-29(16-21-32)30-17-22-34(23-18-30)38(33-12-4-3-5-13-33)36-24-19-28-10-6-7-11-31(28)26-36;1-27-12-19-32(20-13-27)37(2)33-21-14-29(15-22-33)30-16-23-35(24-17-30)38(34-10-4-3-5-11-34)36-25-18-28-8-6-7-9-31(28)26-36/h3-26H,1-2H3;2*3-26H,1-2H3. The second kappa shape index (κ2) is 34.7. The molecule has 0 unspecified atom stereocenters. The van der Waals surface area contributed by atoms with E-state index in [9.17, 15) is 0 Å². The minimum atomic E-state index is 0.859. The summed E-state index contributed by atoms with van der Waals surface area (Å²) >= 11 is 0. The van der Waals surface area contributed by atoms with Crippen molar-refractivity contribution in [1.82, 2.24) is 0 Å². The fourth-order valence-electron chi connectivity index (χ4n) is 14.9. The second-order valence-electron chi connectivity index (χ2n) is 28.9. The molecule has 7 nitrogen and oxygen atoms in total. The summed E-state index contributed by atoms with van der Waals surface area (Å²) in [6, 6.07) is 155. The molecule has 115 heavy (non-hydrogen) atoms. The molecule has 0 aliphatic rings. The largest absolute Gasteiger partial charge is 0.497 e. The van der Waals surface area contributed by atoms with Gasteiger partial charge in [-0.1, -0.05) is 248 Å². The number of benzene rings is 18. The van der Waals surface area contributed by atoms with Crippen molar-refractivity contribution in [2.24, 2.45) is 0 Å². The summed E-state index contributed by atoms with van der Waals surface area (Å²) in [5.41, 5.74) is 26.9. The predicted molar refractivity (Wildman–Crippen MR) is 492 cm³/mol. The average molecular weight is 1490 g/mol. The van der Waals surface area contributed by atoms with Crippen LogP contribution in [-0.2, 0) is 0 Å². The van der Waals surface area contributed by atoms with E-state index in [4.69, 9.17) is 4.74 Å². The van der Waals surface area contributed by atoms with Gasteiger partial charge >= 0.3 is 0 Å². The molecule has 18 aromatic carbocycles. The van der Waals surface area contributed by atoms with Crippen molar-refractivity contribution in [2.75, 3.05) is 57.7 Å². The second-order valence-corrected chi connectivity index (χ2v) is 28.9. The van der Waals surface area contributed by atoms with E-state index < -0.39 is 0 Å². The van der Waals surface area contributed by atoms with Crippen LogP contribution in [0.4, 0.5) is 85.3 Å². The number of hydrogen-bond acceptors (Lipinski definition) is 7. The number of methoxy groups -OCH3 is 1. The molecule has 7 heteroatoms. The number of hydrogen-bond donors (Lipinski definition) is 0. The van der Waals surface area contributed by atoms with Crippen LogP contribution in [0.2, 0.25) is 0 Å². The fourth-order valence-corrected chi connectivity index (χ4v) is 14.9. The molecule has 0 atom stereocenters. The minimum absolute atomic E-state index is 0.859. The lowest BCUT2D eigenvalue weighted by molar-refractivity contribution is 0.415. The summed E-state index contributed by atoms with van der Waals surface area (Å²) in [6.45, 7) is 4.24. The molecule has 558 valence electrons. The lowest BCUT2D eigenvalue weighted by Gasteiger charge is -2.26. The van der Waals surface area contributed by atoms with E-state index in [0.717, 1.165) is 68.3 Å². The quantitative estimate of drug-likeness (QED) is 0.0797. The van der Waals surface area contributed by atoms with Crippen LogP contribution in [0.25, 0.3) is 65.7 Å². The molecule has 0 saturated carbocycles. The first-order valence-electron chi connectivity index (χ1n) is 39.1. The normalized spacial score (nSPS) is 10.9. The van der Waals surface area contributed by atoms with Crippen LogP contribution in [0.15, 0.2) is 437 Å². The summed E-state index contributed by atoms with van der Waals surface area (Å²) < 4.78 is 5.29. The Balaban J connectivity index is 0.000000130. The number of fused-ring (bicyclic) bond motifs is 3. The summed E-state index contributed by atoms with van der Waals surface area (Å²) in [5, 5.41) is 7.43. The molecule has 0 amide bonds. The van der Waals surface area contributed by atoms with Crippen molar-refractivity contribution in [3.63, 3.8) is 0 Å². The van der Waals surface area contributed by atoms with Crippen molar-refractivity contribution in [2.45, 2.75) is 13.8 Å². The van der Waals surface area contributed by atoms with Gasteiger partial charge in [0, 0.05) is 106 Å². The number of nitrogens with zero attached hydrogens (tertiary/aromatic N) is 6. The van der Waals surface area contributed by atoms with Crippen molar-refractivity contribution in [1.29, 1.82) is 0 Å². The molecule has 0 aliphatic heterocycles. The van der Waals surface area contributed by atoms with E-state index in [1.165, 1.54) is 99.6 Å². The van der Waals surface area contributed by atoms with Gasteiger partial charge in [-0.3, -0.25) is 0 Å². The minimum Gasteiger partial charge on any atom is -0.497 e. The fraction of sp³-hybridized carbons (Fsp3) is 0.0556. The van der Waals surface area contributed by atoms with Gasteiger partial charge in [0.2, 0.25) is 0 Å². The third-order valence-corrected chi connectivity index (χ3v) is 21.4. The van der Waals surface area contributed by atoms with Crippen molar-refractivity contribution < 1.29 is 4.74 Å². The molecule has 0 saturated heterocycles. The van der Waals surface area contributed by atoms with Gasteiger partial charge in [-0.25, -0.2) is 0 Å². The van der Waals surface area contributed by atoms with E-state index >= 15 is 0 Å². The molecule has 0 spiro atoms. The van der Waals surface area contributed by atoms with Crippen LogP contribution in [-0.4, -0.2) is 28.3 Å². The van der Waals surface area contributed by atoms with Crippen LogP contribution in [0.1, 0.15) is 11.1 Å². The van der Waals surface area contributed by atoms with E-state index in [1.807, 2.05) is 12.1 Å². The van der Waals surface area contributed by atoms with E-state index in [2.05, 4.69) is 489 Å². The number of rotatable bonds is 19. The third kappa shape index (κ3) is 17.3. The molecule has 0 N–H and O–H groups in total. The van der Waals surface area contributed by atoms with Gasteiger partial charge in [0.05, 0.1) is 7.11 Å². The van der Waals surface area contributed by atoms with E-state index in [1.54, 1.807) is 7.11 Å². The van der Waals surface area contributed by atoms with Gasteiger partial charge in [0.15, 0.2) is 0 Å². The van der Waals surface area contributed by atoms with E-state index in [0.29, 0.717) is 0 Å². The zero-order valence-corrected chi connectivity index (χ0v) is 65.7. The van der Waals surface area contributed by atoms with Gasteiger partial charge in [-0.15, -0.1) is 0 Å². The molecule has 18 rings (SSSR count). The van der Waals surface area contributed by atoms with Crippen molar-refractivity contribution in [3.05, 3.63) is 448 Å². The monoisotopic (exact) mass is 1490 g/mol. The van der Waals surface area contributed by atoms with Crippen LogP contribution >= 0.6 is 0 Å². The highest BCUT2D eigenvalue weighted by molar-refractivity contribution is 5.93. The van der Waals surface area contributed by atoms with Gasteiger partial charge in [-0.2, -0.15) is 0 Å². The Kier molecular flexibility index (Phi) is 22.5. The van der Waals surface area contributed by atoms with Crippen LogP contribution in [0.5, 0.6) is 5.75 Å². The maximum absolute atomic E-state index is 5.29. The lowest BCUT2D eigenvalue weighted by atomic mass is 10.0. The highest BCUT2D eigenvalue weighted by Crippen LogP contribution is 2.42. The van der Waals surface area contributed by atoms with Gasteiger partial charge in [-0.05, 0) is 279 Å². The number of aryl methyl sites for hydroxylation is 2. The maximum Gasteiger partial charge on any atom is 0.119 e. The first kappa shape index (κ1) is 74.4. The Morgan fingerprint density at radius 2 is 0.391 bits per heavy atom. The van der Waals surface area contributed by atoms with Crippen LogP contribution in [0, 0.1) is 13.8 Å². The smallest absolute Gasteiger partial charge is 0.119 e. The third-order valence-electron chi connectivity index (χ3n) is 21.4. The molecule has 18 aromatic rings. The van der Waals surface area contributed by atoms with Gasteiger partial charge in [0.25, 0.3) is 0 Å². The molecular weight excluding hydrogens is 1400 g/mol. The summed E-state index contributed by atoms with van der Waals surface area (Å²) in [6.07, 6.45) is 0. The lowest BCUT2D eigenvalue weighted by Crippen LogP contribution is -2.09. The Morgan fingerprint density at radius 3 is 0.678 bits per heavy atom. The summed E-state index contributed by atoms with van der Waals surface area (Å²) in [7, 11) is 7.99. The zero-order chi connectivity index (χ0) is 78.4. The highest BCUT2D eigenvalue weighted by Gasteiger charge is 2.19. The summed E-state index contributed by atoms with van der Waals surface area (Å²) in [5.74, 6) is 0.859. The number of para-hydroxylation sites is 3. The van der Waals surface area contributed by atoms with E-state index in [-0.39, 0.29) is 0 Å². The van der Waals surface area contributed by atoms with Crippen LogP contribution < -0.4 is 34.1 Å². The molecule has 0 aromatic heterocycles. The molecule has 0 bridgehead atoms. The first-order valence-corrected chi connectivity index (χ1v) is 39.1. The average Bonchev–Trinajstić information content (AvgIpc) is 0.799. The SMILES string of the molecule is COc1ccc(N(C)c2ccc(-c3ccc(N(c4ccccc4)c4ccc5ccccc5c4)cc3)cc2)cc1.Cc1ccc(N(C)c2ccc(-c3ccc(N(c4ccccc4)c4ccc5ccccc5c4)cc3)cc2)cc1.Cc1cccc(N(C)c2ccc(-c3ccc(N(c4ccccc4)c4ccc5ccccc5c4)cc3)cc2)c1. The Morgan fingerprint density at radius 1 is 0.165 bits per heavy atom. The Labute approximate surface area is 676 Å². The molecule has 0 radical (unpaired) electrons. The molecule has 0 fully saturated rings. The molecule has 0 heterocycles. The number of anilines is 15. The Hall–Kier alpha value is -14.7.